The predicted octanol–water partition coefficient (Wildman–Crippen LogP) is 4.07. The summed E-state index contributed by atoms with van der Waals surface area (Å²) < 4.78 is 31.2. The summed E-state index contributed by atoms with van der Waals surface area (Å²) in [6.07, 6.45) is 7.60. The average molecular weight is 505 g/mol. The first-order chi connectivity index (χ1) is 16.3. The molecule has 35 heavy (non-hydrogen) atoms. The van der Waals surface area contributed by atoms with Crippen LogP contribution in [-0.2, 0) is 22.7 Å². The van der Waals surface area contributed by atoms with Crippen molar-refractivity contribution in [3.63, 3.8) is 0 Å². The summed E-state index contributed by atoms with van der Waals surface area (Å²) in [6, 6.07) is 2.01. The second kappa shape index (κ2) is 10.7. The van der Waals surface area contributed by atoms with E-state index in [2.05, 4.69) is 31.1 Å². The number of ether oxygens (including phenoxy) is 1. The summed E-state index contributed by atoms with van der Waals surface area (Å²) >= 11 is 0. The summed E-state index contributed by atoms with van der Waals surface area (Å²) in [5.74, 6) is 2.09. The van der Waals surface area contributed by atoms with Gasteiger partial charge in [0.2, 0.25) is 0 Å². The molecule has 1 fully saturated rings. The van der Waals surface area contributed by atoms with Crippen molar-refractivity contribution in [1.29, 1.82) is 0 Å². The van der Waals surface area contributed by atoms with E-state index < -0.39 is 9.84 Å². The van der Waals surface area contributed by atoms with Gasteiger partial charge in [-0.1, -0.05) is 27.7 Å². The van der Waals surface area contributed by atoms with Crippen LogP contribution in [0.4, 0.5) is 0 Å². The molecule has 1 aliphatic carbocycles. The van der Waals surface area contributed by atoms with Crippen LogP contribution in [0.25, 0.3) is 5.82 Å². The fourth-order valence-electron chi connectivity index (χ4n) is 4.88. The number of nitrogens with one attached hydrogen (secondary N) is 1. The standard InChI is InChI=1S/C26H40N4O4S/c1-8-22-29-23(25(31)28-15-18-9-11-20(12-10-18)35(7,32)33)17(2)30(22)24-21(34-6)13-19(16-27-24)14-26(3,4)5/h13,16,18,20H,8-12,14-15H2,1-7H3,(H,28,31). The SMILES string of the molecule is CCc1nc(C(=O)NCC2CCC(S(C)(=O)=O)CC2)c(C)n1-c1ncc(CC(C)(C)C)cc1OC. The van der Waals surface area contributed by atoms with Gasteiger partial charge in [0.1, 0.15) is 21.4 Å². The third kappa shape index (κ3) is 6.63. The zero-order valence-corrected chi connectivity index (χ0v) is 23.0. The molecule has 1 N–H and O–H groups in total. The van der Waals surface area contributed by atoms with Crippen LogP contribution in [0.2, 0.25) is 0 Å². The molecule has 194 valence electrons. The van der Waals surface area contributed by atoms with Gasteiger partial charge in [0.05, 0.1) is 18.1 Å². The number of amides is 1. The molecule has 2 aromatic rings. The van der Waals surface area contributed by atoms with E-state index in [0.717, 1.165) is 36.3 Å². The molecule has 0 saturated heterocycles. The van der Waals surface area contributed by atoms with Gasteiger partial charge in [-0.05, 0) is 62.0 Å². The minimum Gasteiger partial charge on any atom is -0.493 e. The van der Waals surface area contributed by atoms with Gasteiger partial charge >= 0.3 is 0 Å². The summed E-state index contributed by atoms with van der Waals surface area (Å²) in [7, 11) is -1.36. The van der Waals surface area contributed by atoms with Crippen molar-refractivity contribution in [2.45, 2.75) is 78.4 Å². The largest absolute Gasteiger partial charge is 0.493 e. The van der Waals surface area contributed by atoms with E-state index >= 15 is 0 Å². The molecular weight excluding hydrogens is 464 g/mol. The first-order valence-electron chi connectivity index (χ1n) is 12.4. The molecule has 0 aromatic carbocycles. The van der Waals surface area contributed by atoms with Crippen LogP contribution in [0.5, 0.6) is 5.75 Å². The van der Waals surface area contributed by atoms with Crippen molar-refractivity contribution in [3.8, 4) is 11.6 Å². The summed E-state index contributed by atoms with van der Waals surface area (Å²) in [6.45, 7) is 11.0. The van der Waals surface area contributed by atoms with Gasteiger partial charge in [-0.2, -0.15) is 0 Å². The Morgan fingerprint density at radius 1 is 1.23 bits per heavy atom. The fourth-order valence-corrected chi connectivity index (χ4v) is 6.01. The molecule has 2 aromatic heterocycles. The summed E-state index contributed by atoms with van der Waals surface area (Å²) in [5.41, 5.74) is 2.32. The van der Waals surface area contributed by atoms with Crippen molar-refractivity contribution in [2.75, 3.05) is 19.9 Å². The number of carbonyl (C=O) groups is 1. The lowest BCUT2D eigenvalue weighted by Gasteiger charge is -2.27. The molecular formula is C26H40N4O4S. The number of hydrogen-bond donors (Lipinski definition) is 1. The van der Waals surface area contributed by atoms with E-state index in [1.165, 1.54) is 6.26 Å². The quantitative estimate of drug-likeness (QED) is 0.581. The van der Waals surface area contributed by atoms with Crippen molar-refractivity contribution >= 4 is 15.7 Å². The first-order valence-corrected chi connectivity index (χ1v) is 14.4. The third-order valence-corrected chi connectivity index (χ3v) is 8.40. The van der Waals surface area contributed by atoms with Crippen LogP contribution >= 0.6 is 0 Å². The molecule has 2 heterocycles. The van der Waals surface area contributed by atoms with Crippen LogP contribution in [-0.4, -0.2) is 54.0 Å². The molecule has 0 atom stereocenters. The van der Waals surface area contributed by atoms with Gasteiger partial charge in [-0.15, -0.1) is 0 Å². The highest BCUT2D eigenvalue weighted by molar-refractivity contribution is 7.91. The molecule has 9 heteroatoms. The number of imidazole rings is 1. The van der Waals surface area contributed by atoms with Gasteiger partial charge < -0.3 is 10.1 Å². The van der Waals surface area contributed by atoms with E-state index in [1.807, 2.05) is 30.7 Å². The topological polar surface area (TPSA) is 103 Å². The molecule has 0 aliphatic heterocycles. The summed E-state index contributed by atoms with van der Waals surface area (Å²) in [4.78, 5) is 22.4. The minimum absolute atomic E-state index is 0.128. The lowest BCUT2D eigenvalue weighted by Crippen LogP contribution is -2.34. The third-order valence-electron chi connectivity index (χ3n) is 6.71. The number of pyridine rings is 1. The Hall–Kier alpha value is -2.42. The molecule has 8 nitrogen and oxygen atoms in total. The Morgan fingerprint density at radius 2 is 1.89 bits per heavy atom. The second-order valence-electron chi connectivity index (χ2n) is 10.9. The number of hydrogen-bond acceptors (Lipinski definition) is 6. The molecule has 1 amide bonds. The van der Waals surface area contributed by atoms with Gasteiger partial charge in [0.15, 0.2) is 11.6 Å². The number of rotatable bonds is 8. The maximum Gasteiger partial charge on any atom is 0.271 e. The Morgan fingerprint density at radius 3 is 2.43 bits per heavy atom. The molecule has 3 rings (SSSR count). The predicted molar refractivity (Wildman–Crippen MR) is 138 cm³/mol. The Bertz CT molecular complexity index is 1160. The number of aryl methyl sites for hydroxylation is 1. The van der Waals surface area contributed by atoms with Gasteiger partial charge in [-0.3, -0.25) is 9.36 Å². The molecule has 0 spiro atoms. The number of methoxy groups -OCH3 is 1. The maximum atomic E-state index is 13.1. The Labute approximate surface area is 209 Å². The van der Waals surface area contributed by atoms with Crippen LogP contribution in [0.15, 0.2) is 12.3 Å². The smallest absolute Gasteiger partial charge is 0.271 e. The van der Waals surface area contributed by atoms with Crippen LogP contribution in [0.1, 0.15) is 80.9 Å². The Balaban J connectivity index is 1.78. The molecule has 1 aliphatic rings. The van der Waals surface area contributed by atoms with Crippen molar-refractivity contribution in [1.82, 2.24) is 19.9 Å². The van der Waals surface area contributed by atoms with E-state index in [4.69, 9.17) is 9.72 Å². The lowest BCUT2D eigenvalue weighted by atomic mass is 9.89. The number of sulfone groups is 1. The Kier molecular flexibility index (Phi) is 8.29. The zero-order chi connectivity index (χ0) is 26.0. The average Bonchev–Trinajstić information content (AvgIpc) is 3.12. The highest BCUT2D eigenvalue weighted by atomic mass is 32.2. The van der Waals surface area contributed by atoms with E-state index in [-0.39, 0.29) is 22.5 Å². The van der Waals surface area contributed by atoms with Gasteiger partial charge in [0.25, 0.3) is 5.91 Å². The monoisotopic (exact) mass is 504 g/mol. The minimum atomic E-state index is -2.99. The van der Waals surface area contributed by atoms with Gasteiger partial charge in [0, 0.05) is 25.4 Å². The zero-order valence-electron chi connectivity index (χ0n) is 22.1. The highest BCUT2D eigenvalue weighted by Gasteiger charge is 2.29. The first kappa shape index (κ1) is 27.2. The van der Waals surface area contributed by atoms with E-state index in [9.17, 15) is 13.2 Å². The fraction of sp³-hybridized carbons (Fsp3) is 0.654. The molecule has 0 radical (unpaired) electrons. The van der Waals surface area contributed by atoms with Crippen molar-refractivity contribution in [3.05, 3.63) is 35.0 Å². The number of aromatic nitrogens is 3. The number of nitrogens with zero attached hydrogens (tertiary/aromatic N) is 3. The van der Waals surface area contributed by atoms with E-state index in [1.54, 1.807) is 7.11 Å². The normalized spacial score (nSPS) is 18.9. The lowest BCUT2D eigenvalue weighted by molar-refractivity contribution is 0.0938. The van der Waals surface area contributed by atoms with E-state index in [0.29, 0.717) is 43.1 Å². The summed E-state index contributed by atoms with van der Waals surface area (Å²) in [5, 5.41) is 2.77. The maximum absolute atomic E-state index is 13.1. The molecule has 0 bridgehead atoms. The van der Waals surface area contributed by atoms with Crippen molar-refractivity contribution < 1.29 is 17.9 Å². The van der Waals surface area contributed by atoms with Gasteiger partial charge in [-0.25, -0.2) is 18.4 Å². The van der Waals surface area contributed by atoms with Crippen LogP contribution in [0.3, 0.4) is 0 Å². The van der Waals surface area contributed by atoms with Crippen LogP contribution in [0, 0.1) is 18.3 Å². The van der Waals surface area contributed by atoms with Crippen molar-refractivity contribution in [2.24, 2.45) is 11.3 Å². The highest BCUT2D eigenvalue weighted by Crippen LogP contribution is 2.30. The number of carbonyl (C=O) groups excluding carboxylic acids is 1. The van der Waals surface area contributed by atoms with Crippen LogP contribution < -0.4 is 10.1 Å². The molecule has 0 unspecified atom stereocenters. The molecule has 1 saturated carbocycles. The second-order valence-corrected chi connectivity index (χ2v) is 13.3.